The van der Waals surface area contributed by atoms with Crippen LogP contribution in [0.1, 0.15) is 11.1 Å². The maximum atomic E-state index is 14.5. The fourth-order valence-electron chi connectivity index (χ4n) is 3.37. The third-order valence-corrected chi connectivity index (χ3v) is 4.55. The van der Waals surface area contributed by atoms with Crippen molar-refractivity contribution >= 4 is 23.1 Å². The van der Waals surface area contributed by atoms with Gasteiger partial charge in [0.25, 0.3) is 6.71 Å². The Morgan fingerprint density at radius 2 is 0.900 bits per heavy atom. The highest BCUT2D eigenvalue weighted by atomic mass is 19.2. The summed E-state index contributed by atoms with van der Waals surface area (Å²) in [4.78, 5) is 0. The third-order valence-electron chi connectivity index (χ3n) is 4.55. The topological polar surface area (TPSA) is 0 Å². The summed E-state index contributed by atoms with van der Waals surface area (Å²) < 4.78 is 126. The molecule has 0 atom stereocenters. The van der Waals surface area contributed by atoms with Gasteiger partial charge in [-0.15, -0.1) is 0 Å². The third kappa shape index (κ3) is 3.44. The number of rotatable bonds is 3. The van der Waals surface area contributed by atoms with Crippen LogP contribution in [0.4, 0.5) is 39.5 Å². The van der Waals surface area contributed by atoms with Gasteiger partial charge in [-0.05, 0) is 13.8 Å². The molecule has 0 N–H and O–H groups in total. The lowest BCUT2D eigenvalue weighted by Crippen LogP contribution is -2.58. The van der Waals surface area contributed by atoms with Crippen LogP contribution in [0.15, 0.2) is 24.3 Å². The molecule has 0 nitrogen and oxygen atoms in total. The van der Waals surface area contributed by atoms with Gasteiger partial charge in [0, 0.05) is 17.0 Å². The summed E-state index contributed by atoms with van der Waals surface area (Å²) in [5.74, 6) is -19.9. The molecule has 3 rings (SSSR count). The van der Waals surface area contributed by atoms with Crippen LogP contribution in [0.25, 0.3) is 0 Å². The molecule has 0 aromatic heterocycles. The summed E-state index contributed by atoms with van der Waals surface area (Å²) >= 11 is 0. The summed E-state index contributed by atoms with van der Waals surface area (Å²) in [5, 5.41) is 0. The second kappa shape index (κ2) is 7.73. The van der Waals surface area contributed by atoms with Gasteiger partial charge < -0.3 is 0 Å². The highest BCUT2D eigenvalue weighted by molar-refractivity contribution is 6.95. The van der Waals surface area contributed by atoms with Crippen molar-refractivity contribution in [1.82, 2.24) is 0 Å². The normalized spacial score (nSPS) is 11.2. The fourth-order valence-corrected chi connectivity index (χ4v) is 3.37. The van der Waals surface area contributed by atoms with Crippen LogP contribution < -0.4 is 16.4 Å². The maximum Gasteiger partial charge on any atom is 0.257 e. The lowest BCUT2D eigenvalue weighted by molar-refractivity contribution is 0.384. The van der Waals surface area contributed by atoms with Crippen molar-refractivity contribution in [1.29, 1.82) is 0 Å². The van der Waals surface area contributed by atoms with Crippen LogP contribution in [-0.2, 0) is 0 Å². The van der Waals surface area contributed by atoms with E-state index in [1.54, 1.807) is 6.07 Å². The van der Waals surface area contributed by atoms with E-state index in [4.69, 9.17) is 0 Å². The Morgan fingerprint density at radius 3 is 1.40 bits per heavy atom. The average molecular weight is 432 g/mol. The highest BCUT2D eigenvalue weighted by Crippen LogP contribution is 2.19. The lowest BCUT2D eigenvalue weighted by Gasteiger charge is -2.20. The number of aryl methyl sites for hydroxylation is 2. The first-order valence-corrected chi connectivity index (χ1v) is 8.38. The second-order valence-corrected chi connectivity index (χ2v) is 6.72. The molecule has 0 heterocycles. The predicted octanol–water partition coefficient (Wildman–Crippen LogP) is 4.07. The van der Waals surface area contributed by atoms with Gasteiger partial charge in [0.2, 0.25) is 0 Å². The van der Waals surface area contributed by atoms with E-state index in [-0.39, 0.29) is 11.5 Å². The van der Waals surface area contributed by atoms with Gasteiger partial charge >= 0.3 is 0 Å². The molecule has 3 aromatic carbocycles. The van der Waals surface area contributed by atoms with E-state index in [1.807, 2.05) is 0 Å². The first-order valence-electron chi connectivity index (χ1n) is 8.38. The molecule has 0 saturated heterocycles. The quantitative estimate of drug-likeness (QED) is 0.254. The fraction of sp³-hybridized carbons (Fsp3) is 0.100. The molecule has 0 aliphatic rings. The van der Waals surface area contributed by atoms with Crippen molar-refractivity contribution in [2.45, 2.75) is 13.8 Å². The molecule has 3 aromatic rings. The maximum absolute atomic E-state index is 14.5. The highest BCUT2D eigenvalue weighted by Gasteiger charge is 2.39. The van der Waals surface area contributed by atoms with Gasteiger partial charge in [-0.2, -0.15) is 0 Å². The van der Waals surface area contributed by atoms with Crippen molar-refractivity contribution in [2.24, 2.45) is 0 Å². The van der Waals surface area contributed by atoms with E-state index >= 15 is 0 Å². The van der Waals surface area contributed by atoms with Crippen molar-refractivity contribution in [3.8, 4) is 0 Å². The van der Waals surface area contributed by atoms with E-state index in [2.05, 4.69) is 0 Å². The van der Waals surface area contributed by atoms with Crippen LogP contribution in [0.5, 0.6) is 0 Å². The largest absolute Gasteiger partial charge is 0.257 e. The first kappa shape index (κ1) is 21.8. The van der Waals surface area contributed by atoms with Crippen molar-refractivity contribution in [2.75, 3.05) is 0 Å². The molecule has 0 bridgehead atoms. The van der Waals surface area contributed by atoms with Gasteiger partial charge in [-0.3, -0.25) is 0 Å². The molecule has 0 saturated carbocycles. The second-order valence-electron chi connectivity index (χ2n) is 6.72. The zero-order valence-electron chi connectivity index (χ0n) is 15.3. The van der Waals surface area contributed by atoms with Crippen molar-refractivity contribution < 1.29 is 39.5 Å². The SMILES string of the molecule is Cc1cc(C)cc(B(c2c(F)cc(F)c(F)c2F)c2c(F)c(F)c(F)c(F)c2F)c1. The van der Waals surface area contributed by atoms with Gasteiger partial charge in [0.1, 0.15) is 5.82 Å². The van der Waals surface area contributed by atoms with E-state index < -0.39 is 70.0 Å². The molecule has 30 heavy (non-hydrogen) atoms. The molecule has 0 aliphatic carbocycles. The van der Waals surface area contributed by atoms with Gasteiger partial charge in [0.15, 0.2) is 46.5 Å². The van der Waals surface area contributed by atoms with E-state index in [0.29, 0.717) is 11.1 Å². The Morgan fingerprint density at radius 1 is 0.467 bits per heavy atom. The van der Waals surface area contributed by atoms with Gasteiger partial charge in [0.05, 0.1) is 0 Å². The summed E-state index contributed by atoms with van der Waals surface area (Å²) in [7, 11) is 0. The smallest absolute Gasteiger partial charge is 0.207 e. The summed E-state index contributed by atoms with van der Waals surface area (Å²) in [6.45, 7) is 0.706. The molecule has 10 heteroatoms. The van der Waals surface area contributed by atoms with Crippen molar-refractivity contribution in [3.63, 3.8) is 0 Å². The van der Waals surface area contributed by atoms with E-state index in [9.17, 15) is 39.5 Å². The molecule has 0 aliphatic heterocycles. The standard InChI is InChI=1S/C20H10BF9/c1-7-3-8(2)5-9(4-7)21(12-10(22)6-11(23)14(24)15(12)25)13-16(26)18(28)20(30)19(29)17(13)27/h3-6H,1-2H3. The summed E-state index contributed by atoms with van der Waals surface area (Å²) in [6, 6.07) is 3.85. The first-order chi connectivity index (χ1) is 14.0. The number of hydrogen-bond acceptors (Lipinski definition) is 0. The summed E-state index contributed by atoms with van der Waals surface area (Å²) in [6.07, 6.45) is 0. The molecule has 0 spiro atoms. The van der Waals surface area contributed by atoms with E-state index in [0.717, 1.165) is 0 Å². The lowest BCUT2D eigenvalue weighted by atomic mass is 9.36. The number of benzene rings is 3. The molecule has 0 unspecified atom stereocenters. The van der Waals surface area contributed by atoms with Crippen LogP contribution in [0.2, 0.25) is 0 Å². The van der Waals surface area contributed by atoms with Gasteiger partial charge in [-0.25, -0.2) is 39.5 Å². The Kier molecular flexibility index (Phi) is 5.62. The van der Waals surface area contributed by atoms with Crippen LogP contribution in [-0.4, -0.2) is 6.71 Å². The molecule has 156 valence electrons. The molecular weight excluding hydrogens is 422 g/mol. The van der Waals surface area contributed by atoms with Crippen LogP contribution in [0.3, 0.4) is 0 Å². The monoisotopic (exact) mass is 432 g/mol. The average Bonchev–Trinajstić information content (AvgIpc) is 2.67. The zero-order chi connectivity index (χ0) is 22.5. The Bertz CT molecular complexity index is 1120. The minimum Gasteiger partial charge on any atom is -0.207 e. The van der Waals surface area contributed by atoms with Gasteiger partial charge in [-0.1, -0.05) is 34.8 Å². The zero-order valence-corrected chi connectivity index (χ0v) is 15.3. The molecular formula is C20H10BF9. The predicted molar refractivity (Wildman–Crippen MR) is 93.1 cm³/mol. The van der Waals surface area contributed by atoms with Crippen LogP contribution >= 0.6 is 0 Å². The number of halogens is 9. The molecule has 0 radical (unpaired) electrons. The van der Waals surface area contributed by atoms with E-state index in [1.165, 1.54) is 26.0 Å². The number of hydrogen-bond donors (Lipinski definition) is 0. The summed E-state index contributed by atoms with van der Waals surface area (Å²) in [5.41, 5.74) is -2.45. The minimum atomic E-state index is -2.47. The Labute approximate surface area is 165 Å². The molecule has 0 amide bonds. The minimum absolute atomic E-state index is 0.0740. The van der Waals surface area contributed by atoms with Crippen LogP contribution in [0, 0.1) is 66.2 Å². The Balaban J connectivity index is 2.51. The molecule has 0 fully saturated rings. The Hall–Kier alpha value is -2.91. The van der Waals surface area contributed by atoms with Crippen molar-refractivity contribution in [3.05, 3.63) is 87.7 Å².